The second-order valence-corrected chi connectivity index (χ2v) is 7.02. The van der Waals surface area contributed by atoms with Crippen molar-refractivity contribution in [3.05, 3.63) is 43.1 Å². The Morgan fingerprint density at radius 2 is 2.08 bits per heavy atom. The van der Waals surface area contributed by atoms with Crippen LogP contribution in [-0.2, 0) is 4.74 Å². The van der Waals surface area contributed by atoms with Crippen molar-refractivity contribution < 1.29 is 4.74 Å². The second kappa shape index (κ2) is 7.95. The molecule has 1 aromatic carbocycles. The molecule has 2 aliphatic rings. The summed E-state index contributed by atoms with van der Waals surface area (Å²) in [6.07, 6.45) is 4.83. The fourth-order valence-corrected chi connectivity index (χ4v) is 3.90. The molecule has 1 saturated heterocycles. The number of thiazole rings is 1. The summed E-state index contributed by atoms with van der Waals surface area (Å²) in [5, 5.41) is 4.39. The lowest BCUT2D eigenvalue weighted by Gasteiger charge is -2.27. The Balaban J connectivity index is 1.35. The molecule has 1 fully saturated rings. The Hall–Kier alpha value is -1.96. The minimum Gasteiger partial charge on any atom is -0.379 e. The summed E-state index contributed by atoms with van der Waals surface area (Å²) >= 11 is 1.68. The summed E-state index contributed by atoms with van der Waals surface area (Å²) in [7, 11) is 0. The lowest BCUT2D eigenvalue weighted by atomic mass is 10.3. The van der Waals surface area contributed by atoms with Gasteiger partial charge in [0.15, 0.2) is 5.13 Å². The predicted octanol–water partition coefficient (Wildman–Crippen LogP) is 2.46. The van der Waals surface area contributed by atoms with Crippen LogP contribution < -0.4 is 10.2 Å². The molecular weight excluding hydrogens is 334 g/mol. The molecule has 131 valence electrons. The van der Waals surface area contributed by atoms with E-state index in [9.17, 15) is 0 Å². The lowest BCUT2D eigenvalue weighted by Crippen LogP contribution is -2.42. The van der Waals surface area contributed by atoms with Crippen LogP contribution >= 0.6 is 11.3 Å². The molecule has 0 bridgehead atoms. The zero-order valence-corrected chi connectivity index (χ0v) is 14.9. The van der Waals surface area contributed by atoms with Gasteiger partial charge in [-0.3, -0.25) is 9.80 Å². The first-order chi connectivity index (χ1) is 12.4. The number of nitrogens with one attached hydrogen (secondary N) is 1. The standard InChI is InChI=1S/C18H22N5OS/c1-2-6-16-15(5-1)21-18(25-16)23-10-4-8-20-17(23)19-7-3-9-22-11-13-24-14-12-22/h1-2,4-6,8,10H,3,7,9,11-14H2,(H,19,20). The highest BCUT2D eigenvalue weighted by Gasteiger charge is 2.19. The van der Waals surface area contributed by atoms with Gasteiger partial charge in [0.25, 0.3) is 0 Å². The van der Waals surface area contributed by atoms with E-state index in [4.69, 9.17) is 9.72 Å². The molecule has 3 heterocycles. The van der Waals surface area contributed by atoms with Crippen LogP contribution in [0.2, 0.25) is 0 Å². The first-order valence-electron chi connectivity index (χ1n) is 8.67. The number of aliphatic imine (C=N–C) groups is 1. The lowest BCUT2D eigenvalue weighted by molar-refractivity contribution is 0.0376. The molecular formula is C18H22N5OS. The Labute approximate surface area is 151 Å². The molecule has 1 aromatic heterocycles. The van der Waals surface area contributed by atoms with Crippen molar-refractivity contribution in [2.45, 2.75) is 6.42 Å². The highest BCUT2D eigenvalue weighted by atomic mass is 32.1. The summed E-state index contributed by atoms with van der Waals surface area (Å²) in [4.78, 5) is 13.7. The van der Waals surface area contributed by atoms with Crippen molar-refractivity contribution in [3.63, 3.8) is 0 Å². The molecule has 7 heteroatoms. The van der Waals surface area contributed by atoms with Crippen LogP contribution in [0.5, 0.6) is 0 Å². The molecule has 0 aliphatic carbocycles. The molecule has 0 unspecified atom stereocenters. The average Bonchev–Trinajstić information content (AvgIpc) is 3.10. The number of hydrogen-bond acceptors (Lipinski definition) is 7. The Morgan fingerprint density at radius 1 is 1.20 bits per heavy atom. The molecule has 1 radical (unpaired) electrons. The number of fused-ring (bicyclic) bond motifs is 1. The molecule has 25 heavy (non-hydrogen) atoms. The number of benzene rings is 1. The number of para-hydroxylation sites is 1. The number of hydrogen-bond donors (Lipinski definition) is 1. The third-order valence-electron chi connectivity index (χ3n) is 4.27. The van der Waals surface area contributed by atoms with Gasteiger partial charge in [-0.1, -0.05) is 23.5 Å². The van der Waals surface area contributed by atoms with Crippen molar-refractivity contribution in [3.8, 4) is 0 Å². The molecule has 0 atom stereocenters. The van der Waals surface area contributed by atoms with Gasteiger partial charge in [-0.25, -0.2) is 9.98 Å². The smallest absolute Gasteiger partial charge is 0.205 e. The van der Waals surface area contributed by atoms with Crippen LogP contribution in [0.25, 0.3) is 10.2 Å². The van der Waals surface area contributed by atoms with E-state index in [2.05, 4.69) is 21.3 Å². The topological polar surface area (TPSA) is 53.0 Å². The van der Waals surface area contributed by atoms with Gasteiger partial charge in [0.05, 0.1) is 30.0 Å². The van der Waals surface area contributed by atoms with Gasteiger partial charge in [-0.2, -0.15) is 0 Å². The van der Waals surface area contributed by atoms with Gasteiger partial charge in [-0.05, 0) is 31.2 Å². The summed E-state index contributed by atoms with van der Waals surface area (Å²) in [6.45, 7) is 7.76. The minimum absolute atomic E-state index is 0.837. The molecule has 0 spiro atoms. The maximum atomic E-state index is 5.39. The Morgan fingerprint density at radius 3 is 2.96 bits per heavy atom. The molecule has 1 N–H and O–H groups in total. The SMILES string of the molecule is [CH]1C=CN=C(NCCCN2CCOCC2)N1c1nc2ccccc2s1. The maximum absolute atomic E-state index is 5.39. The molecule has 2 aromatic rings. The van der Waals surface area contributed by atoms with Gasteiger partial charge in [0, 0.05) is 25.8 Å². The molecule has 6 nitrogen and oxygen atoms in total. The third kappa shape index (κ3) is 4.00. The molecule has 0 saturated carbocycles. The van der Waals surface area contributed by atoms with Gasteiger partial charge >= 0.3 is 0 Å². The van der Waals surface area contributed by atoms with E-state index in [1.54, 1.807) is 11.3 Å². The first-order valence-corrected chi connectivity index (χ1v) is 9.48. The van der Waals surface area contributed by atoms with Crippen molar-refractivity contribution in [1.82, 2.24) is 15.2 Å². The second-order valence-electron chi connectivity index (χ2n) is 6.01. The Bertz CT molecular complexity index is 733. The van der Waals surface area contributed by atoms with E-state index in [-0.39, 0.29) is 0 Å². The normalized spacial score (nSPS) is 18.6. The number of nitrogens with zero attached hydrogens (tertiary/aromatic N) is 4. The summed E-state index contributed by atoms with van der Waals surface area (Å²) < 4.78 is 6.58. The predicted molar refractivity (Wildman–Crippen MR) is 103 cm³/mol. The van der Waals surface area contributed by atoms with Crippen molar-refractivity contribution >= 4 is 32.6 Å². The van der Waals surface area contributed by atoms with E-state index in [1.165, 1.54) is 4.70 Å². The van der Waals surface area contributed by atoms with Gasteiger partial charge in [0.1, 0.15) is 0 Å². The van der Waals surface area contributed by atoms with Gasteiger partial charge < -0.3 is 10.1 Å². The number of guanidine groups is 1. The zero-order chi connectivity index (χ0) is 16.9. The maximum Gasteiger partial charge on any atom is 0.205 e. The van der Waals surface area contributed by atoms with Crippen molar-refractivity contribution in [1.29, 1.82) is 0 Å². The number of anilines is 1. The minimum atomic E-state index is 0.837. The largest absolute Gasteiger partial charge is 0.379 e. The zero-order valence-electron chi connectivity index (χ0n) is 14.1. The quantitative estimate of drug-likeness (QED) is 0.834. The molecule has 0 amide bonds. The summed E-state index contributed by atoms with van der Waals surface area (Å²) in [5.41, 5.74) is 1.03. The first kappa shape index (κ1) is 16.5. The van der Waals surface area contributed by atoms with E-state index < -0.39 is 0 Å². The van der Waals surface area contributed by atoms with Gasteiger partial charge in [0.2, 0.25) is 5.96 Å². The third-order valence-corrected chi connectivity index (χ3v) is 5.31. The number of morpholine rings is 1. The van der Waals surface area contributed by atoms with Crippen LogP contribution in [-0.4, -0.2) is 55.2 Å². The van der Waals surface area contributed by atoms with Crippen LogP contribution in [0, 0.1) is 6.54 Å². The molecule has 2 aliphatic heterocycles. The fourth-order valence-electron chi connectivity index (χ4n) is 2.95. The fraction of sp³-hybridized carbons (Fsp3) is 0.389. The summed E-state index contributed by atoms with van der Waals surface area (Å²) in [5.74, 6) is 0.837. The van der Waals surface area contributed by atoms with Crippen molar-refractivity contribution in [2.24, 2.45) is 4.99 Å². The highest BCUT2D eigenvalue weighted by Crippen LogP contribution is 2.30. The summed E-state index contributed by atoms with van der Waals surface area (Å²) in [6, 6.07) is 8.21. The van der Waals surface area contributed by atoms with Crippen LogP contribution in [0.3, 0.4) is 0 Å². The molecule has 4 rings (SSSR count). The number of rotatable bonds is 5. The van der Waals surface area contributed by atoms with E-state index in [0.717, 1.165) is 62.4 Å². The van der Waals surface area contributed by atoms with Gasteiger partial charge in [-0.15, -0.1) is 0 Å². The van der Waals surface area contributed by atoms with E-state index in [1.807, 2.05) is 41.9 Å². The number of ether oxygens (including phenoxy) is 1. The number of aromatic nitrogens is 1. The van der Waals surface area contributed by atoms with E-state index in [0.29, 0.717) is 0 Å². The van der Waals surface area contributed by atoms with Crippen LogP contribution in [0.4, 0.5) is 5.13 Å². The Kier molecular flexibility index (Phi) is 5.25. The van der Waals surface area contributed by atoms with Crippen molar-refractivity contribution in [2.75, 3.05) is 44.3 Å². The monoisotopic (exact) mass is 356 g/mol. The average molecular weight is 356 g/mol. The van der Waals surface area contributed by atoms with Crippen LogP contribution in [0.15, 0.2) is 41.5 Å². The van der Waals surface area contributed by atoms with Crippen LogP contribution in [0.1, 0.15) is 6.42 Å². The van der Waals surface area contributed by atoms with E-state index >= 15 is 0 Å². The highest BCUT2D eigenvalue weighted by molar-refractivity contribution is 7.22.